The van der Waals surface area contributed by atoms with E-state index in [-0.39, 0.29) is 0 Å². The summed E-state index contributed by atoms with van der Waals surface area (Å²) in [7, 11) is 0. The summed E-state index contributed by atoms with van der Waals surface area (Å²) in [5.41, 5.74) is 2.58. The molecule has 0 spiro atoms. The third-order valence-corrected chi connectivity index (χ3v) is 2.61. The molecular weight excluding hydrogens is 182 g/mol. The first-order chi connectivity index (χ1) is 7.13. The van der Waals surface area contributed by atoms with Gasteiger partial charge in [0, 0.05) is 6.54 Å². The average molecular weight is 207 g/mol. The van der Waals surface area contributed by atoms with Gasteiger partial charge in [-0.1, -0.05) is 50.3 Å². The fourth-order valence-corrected chi connectivity index (χ4v) is 1.47. The van der Waals surface area contributed by atoms with Gasteiger partial charge in [-0.15, -0.1) is 0 Å². The van der Waals surface area contributed by atoms with Crippen LogP contribution < -0.4 is 0 Å². The third-order valence-electron chi connectivity index (χ3n) is 2.61. The predicted octanol–water partition coefficient (Wildman–Crippen LogP) is 3.80. The summed E-state index contributed by atoms with van der Waals surface area (Å²) in [5.74, 6) is 0. The molecule has 0 aliphatic heterocycles. The second kappa shape index (κ2) is 8.49. The van der Waals surface area contributed by atoms with Gasteiger partial charge in [0.25, 0.3) is 0 Å². The van der Waals surface area contributed by atoms with Crippen molar-refractivity contribution in [1.29, 1.82) is 0 Å². The van der Waals surface area contributed by atoms with Crippen LogP contribution in [0.25, 0.3) is 0 Å². The molecule has 0 rings (SSSR count). The smallest absolute Gasteiger partial charge is 0.0189 e. The van der Waals surface area contributed by atoms with Crippen molar-refractivity contribution in [3.05, 3.63) is 36.5 Å². The lowest BCUT2D eigenvalue weighted by Crippen LogP contribution is -2.24. The summed E-state index contributed by atoms with van der Waals surface area (Å²) >= 11 is 0. The molecule has 0 aromatic carbocycles. The fourth-order valence-electron chi connectivity index (χ4n) is 1.47. The van der Waals surface area contributed by atoms with E-state index in [2.05, 4.69) is 44.9 Å². The largest absolute Gasteiger partial charge is 0.300 e. The molecule has 0 aliphatic rings. The summed E-state index contributed by atoms with van der Waals surface area (Å²) < 4.78 is 0. The first-order valence-electron chi connectivity index (χ1n) is 5.82. The van der Waals surface area contributed by atoms with Crippen molar-refractivity contribution in [2.24, 2.45) is 0 Å². The molecule has 0 aromatic heterocycles. The van der Waals surface area contributed by atoms with E-state index in [0.717, 1.165) is 38.0 Å². The normalized spacial score (nSPS) is 11.9. The van der Waals surface area contributed by atoms with Crippen molar-refractivity contribution in [2.45, 2.75) is 33.6 Å². The Morgan fingerprint density at radius 2 is 1.87 bits per heavy atom. The summed E-state index contributed by atoms with van der Waals surface area (Å²) in [4.78, 5) is 2.42. The molecule has 0 amide bonds. The van der Waals surface area contributed by atoms with Crippen LogP contribution in [0.4, 0.5) is 0 Å². The zero-order valence-corrected chi connectivity index (χ0v) is 10.6. The molecular formula is C14H25N. The second-order valence-corrected chi connectivity index (χ2v) is 3.91. The Bertz CT molecular complexity index is 221. The molecule has 0 radical (unpaired) electrons. The van der Waals surface area contributed by atoms with Crippen molar-refractivity contribution >= 4 is 0 Å². The Morgan fingerprint density at radius 1 is 1.27 bits per heavy atom. The minimum atomic E-state index is 1.03. The van der Waals surface area contributed by atoms with Crippen LogP contribution in [0.15, 0.2) is 36.5 Å². The maximum Gasteiger partial charge on any atom is 0.0189 e. The highest BCUT2D eigenvalue weighted by Gasteiger charge is 1.98. The zero-order valence-electron chi connectivity index (χ0n) is 10.6. The third kappa shape index (κ3) is 7.15. The van der Waals surface area contributed by atoms with Crippen LogP contribution in [0.3, 0.4) is 0 Å². The SMILES string of the molecule is C=CC(=C)CCC=C(C)CN(CC)CC. The van der Waals surface area contributed by atoms with Crippen molar-refractivity contribution < 1.29 is 0 Å². The highest BCUT2D eigenvalue weighted by molar-refractivity contribution is 5.12. The molecule has 0 unspecified atom stereocenters. The summed E-state index contributed by atoms with van der Waals surface area (Å²) in [6.45, 7) is 17.6. The molecule has 0 saturated carbocycles. The lowest BCUT2D eigenvalue weighted by Gasteiger charge is -2.18. The summed E-state index contributed by atoms with van der Waals surface area (Å²) in [5, 5.41) is 0. The molecule has 0 bridgehead atoms. The van der Waals surface area contributed by atoms with Gasteiger partial charge in [0.2, 0.25) is 0 Å². The Kier molecular flexibility index (Phi) is 8.02. The van der Waals surface area contributed by atoms with Gasteiger partial charge < -0.3 is 0 Å². The number of hydrogen-bond donors (Lipinski definition) is 0. The Morgan fingerprint density at radius 3 is 2.33 bits per heavy atom. The van der Waals surface area contributed by atoms with E-state index >= 15 is 0 Å². The van der Waals surface area contributed by atoms with Crippen LogP contribution in [0.5, 0.6) is 0 Å². The Labute approximate surface area is 95.2 Å². The minimum Gasteiger partial charge on any atom is -0.300 e. The van der Waals surface area contributed by atoms with Gasteiger partial charge in [-0.3, -0.25) is 4.90 Å². The molecule has 15 heavy (non-hydrogen) atoms. The lowest BCUT2D eigenvalue weighted by molar-refractivity contribution is 0.329. The number of nitrogens with zero attached hydrogens (tertiary/aromatic N) is 1. The minimum absolute atomic E-state index is 1.03. The van der Waals surface area contributed by atoms with Gasteiger partial charge in [-0.2, -0.15) is 0 Å². The van der Waals surface area contributed by atoms with Gasteiger partial charge in [-0.25, -0.2) is 0 Å². The van der Waals surface area contributed by atoms with Gasteiger partial charge in [0.05, 0.1) is 0 Å². The maximum absolute atomic E-state index is 3.91. The van der Waals surface area contributed by atoms with E-state index in [1.54, 1.807) is 0 Å². The van der Waals surface area contributed by atoms with Crippen LogP contribution in [-0.4, -0.2) is 24.5 Å². The van der Waals surface area contributed by atoms with Gasteiger partial charge >= 0.3 is 0 Å². The number of likely N-dealkylation sites (N-methyl/N-ethyl adjacent to an activating group) is 1. The first kappa shape index (κ1) is 14.2. The standard InChI is InChI=1S/C14H25N/c1-6-13(4)10-9-11-14(5)12-15(7-2)8-3/h6,11H,1,4,7-10,12H2,2-3,5H3. The van der Waals surface area contributed by atoms with Crippen LogP contribution in [0, 0.1) is 0 Å². The molecule has 0 heterocycles. The fraction of sp³-hybridized carbons (Fsp3) is 0.571. The molecule has 0 atom stereocenters. The van der Waals surface area contributed by atoms with Crippen LogP contribution in [-0.2, 0) is 0 Å². The van der Waals surface area contributed by atoms with E-state index in [1.165, 1.54) is 5.57 Å². The van der Waals surface area contributed by atoms with Gasteiger partial charge in [0.15, 0.2) is 0 Å². The first-order valence-corrected chi connectivity index (χ1v) is 5.82. The molecule has 0 aliphatic carbocycles. The van der Waals surface area contributed by atoms with Crippen LogP contribution >= 0.6 is 0 Å². The lowest BCUT2D eigenvalue weighted by atomic mass is 10.1. The highest BCUT2D eigenvalue weighted by atomic mass is 15.1. The topological polar surface area (TPSA) is 3.24 Å². The molecule has 0 N–H and O–H groups in total. The monoisotopic (exact) mass is 207 g/mol. The van der Waals surface area contributed by atoms with E-state index in [4.69, 9.17) is 0 Å². The molecule has 1 heteroatoms. The molecule has 0 fully saturated rings. The predicted molar refractivity (Wildman–Crippen MR) is 70.1 cm³/mol. The number of rotatable bonds is 8. The Balaban J connectivity index is 3.87. The maximum atomic E-state index is 3.91. The van der Waals surface area contributed by atoms with E-state index in [1.807, 2.05) is 6.08 Å². The zero-order chi connectivity index (χ0) is 11.7. The molecule has 86 valence electrons. The molecule has 0 saturated heterocycles. The van der Waals surface area contributed by atoms with Gasteiger partial charge in [-0.05, 0) is 32.9 Å². The summed E-state index contributed by atoms with van der Waals surface area (Å²) in [6.07, 6.45) is 6.26. The van der Waals surface area contributed by atoms with Crippen molar-refractivity contribution in [3.8, 4) is 0 Å². The Hall–Kier alpha value is -0.820. The van der Waals surface area contributed by atoms with Crippen molar-refractivity contribution in [3.63, 3.8) is 0 Å². The summed E-state index contributed by atoms with van der Waals surface area (Å²) in [6, 6.07) is 0. The molecule has 1 nitrogen and oxygen atoms in total. The van der Waals surface area contributed by atoms with E-state index < -0.39 is 0 Å². The highest BCUT2D eigenvalue weighted by Crippen LogP contribution is 2.07. The molecule has 0 aromatic rings. The van der Waals surface area contributed by atoms with Gasteiger partial charge in [0.1, 0.15) is 0 Å². The second-order valence-electron chi connectivity index (χ2n) is 3.91. The van der Waals surface area contributed by atoms with E-state index in [9.17, 15) is 0 Å². The van der Waals surface area contributed by atoms with Crippen molar-refractivity contribution in [2.75, 3.05) is 19.6 Å². The quantitative estimate of drug-likeness (QED) is 0.432. The van der Waals surface area contributed by atoms with Crippen LogP contribution in [0.1, 0.15) is 33.6 Å². The van der Waals surface area contributed by atoms with Crippen LogP contribution in [0.2, 0.25) is 0 Å². The number of allylic oxidation sites excluding steroid dienone is 3. The van der Waals surface area contributed by atoms with Crippen molar-refractivity contribution in [1.82, 2.24) is 4.90 Å². The van der Waals surface area contributed by atoms with E-state index in [0.29, 0.717) is 0 Å². The average Bonchev–Trinajstić information content (AvgIpc) is 2.25. The number of hydrogen-bond acceptors (Lipinski definition) is 1.